The van der Waals surface area contributed by atoms with Crippen molar-refractivity contribution in [3.63, 3.8) is 0 Å². The van der Waals surface area contributed by atoms with Crippen LogP contribution in [0.2, 0.25) is 0 Å². The third-order valence-corrected chi connectivity index (χ3v) is 5.64. The van der Waals surface area contributed by atoms with Crippen LogP contribution in [0.5, 0.6) is 5.75 Å². The lowest BCUT2D eigenvalue weighted by Crippen LogP contribution is -2.23. The van der Waals surface area contributed by atoms with Gasteiger partial charge in [-0.15, -0.1) is 10.2 Å². The van der Waals surface area contributed by atoms with E-state index in [0.717, 1.165) is 0 Å². The van der Waals surface area contributed by atoms with Gasteiger partial charge in [-0.05, 0) is 43.3 Å². The van der Waals surface area contributed by atoms with Crippen molar-refractivity contribution < 1.29 is 18.3 Å². The van der Waals surface area contributed by atoms with Crippen LogP contribution in [-0.4, -0.2) is 36.9 Å². The number of fused-ring (bicyclic) bond motifs is 3. The molecule has 1 N–H and O–H groups in total. The monoisotopic (exact) mass is 445 g/mol. The fourth-order valence-corrected chi connectivity index (χ4v) is 3.92. The number of halogens is 2. The Morgan fingerprint density at radius 3 is 2.55 bits per heavy atom. The quantitative estimate of drug-likeness (QED) is 0.458. The Balaban J connectivity index is 1.56. The molecular weight excluding hydrogens is 428 g/mol. The van der Waals surface area contributed by atoms with E-state index in [1.54, 1.807) is 36.6 Å². The van der Waals surface area contributed by atoms with Gasteiger partial charge in [-0.2, -0.15) is 8.78 Å². The number of thioether (sulfide) groups is 1. The molecule has 0 aliphatic rings. The van der Waals surface area contributed by atoms with Gasteiger partial charge in [0.2, 0.25) is 11.7 Å². The van der Waals surface area contributed by atoms with Crippen molar-refractivity contribution in [1.29, 1.82) is 0 Å². The molecule has 2 heterocycles. The molecule has 2 aromatic heterocycles. The fourth-order valence-electron chi connectivity index (χ4n) is 3.06. The van der Waals surface area contributed by atoms with E-state index in [9.17, 15) is 18.4 Å². The maximum Gasteiger partial charge on any atom is 0.387 e. The van der Waals surface area contributed by atoms with Crippen LogP contribution in [0, 0.1) is 0 Å². The molecule has 0 spiro atoms. The van der Waals surface area contributed by atoms with E-state index in [2.05, 4.69) is 20.3 Å². The maximum absolute atomic E-state index is 12.6. The summed E-state index contributed by atoms with van der Waals surface area (Å²) < 4.78 is 31.9. The van der Waals surface area contributed by atoms with E-state index in [1.807, 2.05) is 6.07 Å². The first-order chi connectivity index (χ1) is 14.8. The van der Waals surface area contributed by atoms with Gasteiger partial charge in [-0.25, -0.2) is 0 Å². The van der Waals surface area contributed by atoms with Gasteiger partial charge in [0.15, 0.2) is 5.16 Å². The van der Waals surface area contributed by atoms with Crippen LogP contribution in [0.15, 0.2) is 58.5 Å². The zero-order chi connectivity index (χ0) is 22.1. The normalized spacial score (nSPS) is 12.4. The van der Waals surface area contributed by atoms with Crippen molar-refractivity contribution in [3.05, 3.63) is 58.9 Å². The predicted octanol–water partition coefficient (Wildman–Crippen LogP) is 3.30. The van der Waals surface area contributed by atoms with Crippen molar-refractivity contribution >= 4 is 40.0 Å². The average molecular weight is 445 g/mol. The van der Waals surface area contributed by atoms with Gasteiger partial charge in [0, 0.05) is 12.7 Å². The van der Waals surface area contributed by atoms with Gasteiger partial charge in [0.25, 0.3) is 5.56 Å². The molecule has 160 valence electrons. The zero-order valence-corrected chi connectivity index (χ0v) is 17.3. The molecule has 31 heavy (non-hydrogen) atoms. The molecule has 8 nitrogen and oxygen atoms in total. The first-order valence-corrected chi connectivity index (χ1v) is 10.1. The molecule has 4 aromatic rings. The van der Waals surface area contributed by atoms with Crippen LogP contribution >= 0.6 is 11.8 Å². The molecule has 11 heteroatoms. The van der Waals surface area contributed by atoms with E-state index in [0.29, 0.717) is 27.5 Å². The largest absolute Gasteiger partial charge is 0.435 e. The van der Waals surface area contributed by atoms with Crippen molar-refractivity contribution in [1.82, 2.24) is 19.2 Å². The number of hydrogen-bond acceptors (Lipinski definition) is 6. The number of aryl methyl sites for hydroxylation is 1. The minimum atomic E-state index is -2.91. The number of benzene rings is 2. The Kier molecular flexibility index (Phi) is 5.59. The molecule has 0 saturated heterocycles. The molecule has 0 aliphatic carbocycles. The van der Waals surface area contributed by atoms with Crippen molar-refractivity contribution in [3.8, 4) is 5.75 Å². The summed E-state index contributed by atoms with van der Waals surface area (Å²) >= 11 is 1.19. The molecule has 0 saturated carbocycles. The van der Waals surface area contributed by atoms with Gasteiger partial charge in [-0.1, -0.05) is 23.9 Å². The van der Waals surface area contributed by atoms with Crippen molar-refractivity contribution in [2.24, 2.45) is 7.05 Å². The number of rotatable bonds is 6. The van der Waals surface area contributed by atoms with Crippen molar-refractivity contribution in [2.45, 2.75) is 23.9 Å². The lowest BCUT2D eigenvalue weighted by molar-refractivity contribution is -0.115. The Labute approximate surface area is 178 Å². The Morgan fingerprint density at radius 2 is 1.84 bits per heavy atom. The molecule has 1 amide bonds. The summed E-state index contributed by atoms with van der Waals surface area (Å²) in [6, 6.07) is 12.8. The zero-order valence-electron chi connectivity index (χ0n) is 16.5. The van der Waals surface area contributed by atoms with Gasteiger partial charge in [-0.3, -0.25) is 18.6 Å². The molecule has 0 aliphatic heterocycles. The summed E-state index contributed by atoms with van der Waals surface area (Å²) in [5.41, 5.74) is 0.908. The molecular formula is C20H17F2N5O3S. The first-order valence-electron chi connectivity index (χ1n) is 9.20. The summed E-state index contributed by atoms with van der Waals surface area (Å²) in [5.74, 6) is 0.0645. The van der Waals surface area contributed by atoms with Crippen LogP contribution in [0.1, 0.15) is 6.92 Å². The summed E-state index contributed by atoms with van der Waals surface area (Å²) in [7, 11) is 1.62. The minimum Gasteiger partial charge on any atom is -0.435 e. The van der Waals surface area contributed by atoms with Crippen molar-refractivity contribution in [2.75, 3.05) is 5.32 Å². The number of anilines is 1. The molecule has 4 rings (SSSR count). The highest BCUT2D eigenvalue weighted by Crippen LogP contribution is 2.26. The Bertz CT molecular complexity index is 1320. The summed E-state index contributed by atoms with van der Waals surface area (Å²) in [6.45, 7) is -1.20. The summed E-state index contributed by atoms with van der Waals surface area (Å²) in [4.78, 5) is 25.2. The number of carbonyl (C=O) groups excluding carboxylic acids is 1. The number of hydrogen-bond donors (Lipinski definition) is 1. The molecule has 0 radical (unpaired) electrons. The number of nitrogens with zero attached hydrogens (tertiary/aromatic N) is 4. The van der Waals surface area contributed by atoms with E-state index in [1.165, 1.54) is 40.6 Å². The van der Waals surface area contributed by atoms with Crippen LogP contribution in [0.4, 0.5) is 14.5 Å². The number of amides is 1. The highest BCUT2D eigenvalue weighted by molar-refractivity contribution is 8.00. The smallest absolute Gasteiger partial charge is 0.387 e. The number of nitrogens with one attached hydrogen (secondary N) is 1. The van der Waals surface area contributed by atoms with Gasteiger partial charge < -0.3 is 10.1 Å². The number of ether oxygens (including phenoxy) is 1. The molecule has 0 fully saturated rings. The third kappa shape index (κ3) is 4.08. The van der Waals surface area contributed by atoms with E-state index >= 15 is 0 Å². The SMILES string of the molecule is CC(Sc1nnc2n(C)c(=O)c3ccccc3n12)C(=O)Nc1ccc(OC(F)F)cc1. The van der Waals surface area contributed by atoms with E-state index < -0.39 is 11.9 Å². The third-order valence-electron chi connectivity index (χ3n) is 4.59. The molecule has 0 bridgehead atoms. The topological polar surface area (TPSA) is 90.5 Å². The lowest BCUT2D eigenvalue weighted by Gasteiger charge is -2.12. The number of para-hydroxylation sites is 1. The number of alkyl halides is 2. The maximum atomic E-state index is 12.6. The lowest BCUT2D eigenvalue weighted by atomic mass is 10.2. The van der Waals surface area contributed by atoms with E-state index in [-0.39, 0.29) is 17.2 Å². The number of carbonyl (C=O) groups is 1. The first kappa shape index (κ1) is 20.8. The summed E-state index contributed by atoms with van der Waals surface area (Å²) in [5, 5.41) is 11.4. The van der Waals surface area contributed by atoms with E-state index in [4.69, 9.17) is 0 Å². The predicted molar refractivity (Wildman–Crippen MR) is 113 cm³/mol. The molecule has 1 unspecified atom stereocenters. The highest BCUT2D eigenvalue weighted by Gasteiger charge is 2.21. The standard InChI is InChI=1S/C20H17F2N5O3S/c1-11(16(28)23-12-7-9-13(10-8-12)30-18(21)22)31-20-25-24-19-26(2)17(29)14-5-3-4-6-15(14)27(19)20/h3-11,18H,1-2H3,(H,23,28). The van der Waals surface area contributed by atoms with Gasteiger partial charge in [0.1, 0.15) is 5.75 Å². The molecule has 2 aromatic carbocycles. The fraction of sp³-hybridized carbons (Fsp3) is 0.200. The van der Waals surface area contributed by atoms with Crippen LogP contribution in [0.25, 0.3) is 16.7 Å². The molecule has 1 atom stereocenters. The van der Waals surface area contributed by atoms with Crippen LogP contribution < -0.4 is 15.6 Å². The highest BCUT2D eigenvalue weighted by atomic mass is 32.2. The average Bonchev–Trinajstić information content (AvgIpc) is 3.17. The summed E-state index contributed by atoms with van der Waals surface area (Å²) in [6.07, 6.45) is 0. The minimum absolute atomic E-state index is 0.00263. The Hall–Kier alpha value is -3.47. The second-order valence-electron chi connectivity index (χ2n) is 6.65. The van der Waals surface area contributed by atoms with Crippen LogP contribution in [-0.2, 0) is 11.8 Å². The number of aromatic nitrogens is 4. The Morgan fingerprint density at radius 1 is 1.13 bits per heavy atom. The van der Waals surface area contributed by atoms with Crippen LogP contribution in [0.3, 0.4) is 0 Å². The van der Waals surface area contributed by atoms with Gasteiger partial charge >= 0.3 is 6.61 Å². The second-order valence-corrected chi connectivity index (χ2v) is 7.96. The second kappa shape index (κ2) is 8.34. The van der Waals surface area contributed by atoms with Gasteiger partial charge in [0.05, 0.1) is 16.2 Å².